The van der Waals surface area contributed by atoms with Gasteiger partial charge in [-0.3, -0.25) is 14.3 Å². The molecule has 1 aliphatic heterocycles. The van der Waals surface area contributed by atoms with Crippen molar-refractivity contribution in [3.8, 4) is 11.3 Å². The number of nitrogens with zero attached hydrogens (tertiary/aromatic N) is 2. The molecule has 0 bridgehead atoms. The van der Waals surface area contributed by atoms with E-state index in [1.54, 1.807) is 0 Å². The van der Waals surface area contributed by atoms with Crippen LogP contribution in [-0.4, -0.2) is 68.7 Å². The van der Waals surface area contributed by atoms with E-state index in [0.29, 0.717) is 0 Å². The predicted octanol–water partition coefficient (Wildman–Crippen LogP) is -1.16. The Kier molecular flexibility index (Phi) is 7.72. The summed E-state index contributed by atoms with van der Waals surface area (Å²) in [6, 6.07) is 1.28. The van der Waals surface area contributed by atoms with Crippen LogP contribution in [0.25, 0.3) is 11.0 Å². The highest BCUT2D eigenvalue weighted by atomic mass is 35.5. The number of anilines is 1. The molecule has 35 heavy (non-hydrogen) atoms. The molecule has 0 aromatic carbocycles. The zero-order valence-electron chi connectivity index (χ0n) is 16.7. The van der Waals surface area contributed by atoms with Crippen molar-refractivity contribution in [1.29, 1.82) is 0 Å². The molecule has 6 atom stereocenters. The van der Waals surface area contributed by atoms with Gasteiger partial charge in [-0.1, -0.05) is 0 Å². The first-order chi connectivity index (χ1) is 16.0. The quantitative estimate of drug-likeness (QED) is 0.135. The Bertz CT molecular complexity index is 1400. The monoisotopic (exact) mass is 580 g/mol. The number of ether oxygens (including phenoxy) is 1. The fourth-order valence-electron chi connectivity index (χ4n) is 3.11. The van der Waals surface area contributed by atoms with E-state index in [0.717, 1.165) is 4.57 Å². The lowest BCUT2D eigenvalue weighted by Gasteiger charge is -2.26. The molecule has 2 aromatic heterocycles. The minimum Gasteiger partial charge on any atom is -0.386 e. The first-order valence-corrected chi connectivity index (χ1v) is 13.7. The standard InChI is InChI=1S/C13H16ClN4O14P3/c14-3-2-13(21)8(19)7(5-29-34(25,26)32-35(27,28)31-33(22,23)24)30-11(13)18-4-1-6-9(18)16-12(15)17-10(6)20/h1,4,7-8,11,19,21H,5H2,(H,25,26)(H,27,28)(H2,22,23,24)(H3,15,16,17,20)/t7-,8+,11-,13?/m1/s1. The Morgan fingerprint density at radius 3 is 2.51 bits per heavy atom. The van der Waals surface area contributed by atoms with Gasteiger partial charge in [0.2, 0.25) is 11.5 Å². The molecule has 0 saturated carbocycles. The van der Waals surface area contributed by atoms with Gasteiger partial charge in [0.25, 0.3) is 5.56 Å². The first-order valence-electron chi connectivity index (χ1n) is 8.81. The van der Waals surface area contributed by atoms with Gasteiger partial charge >= 0.3 is 23.5 Å². The van der Waals surface area contributed by atoms with Gasteiger partial charge in [0.1, 0.15) is 12.2 Å². The van der Waals surface area contributed by atoms with Crippen LogP contribution in [0.3, 0.4) is 0 Å². The van der Waals surface area contributed by atoms with Gasteiger partial charge in [0, 0.05) is 11.6 Å². The number of hydrogen-bond donors (Lipinski definition) is 8. The molecular weight excluding hydrogens is 565 g/mol. The molecule has 3 heterocycles. The summed E-state index contributed by atoms with van der Waals surface area (Å²) >= 11 is 5.39. The molecular formula is C13H16ClN4O14P3. The fraction of sp³-hybridized carbons (Fsp3) is 0.385. The van der Waals surface area contributed by atoms with Crippen molar-refractivity contribution in [1.82, 2.24) is 14.5 Å². The molecule has 0 radical (unpaired) electrons. The lowest BCUT2D eigenvalue weighted by atomic mass is 9.95. The molecule has 0 spiro atoms. The van der Waals surface area contributed by atoms with Gasteiger partial charge in [-0.15, -0.1) is 0 Å². The third kappa shape index (κ3) is 6.20. The molecule has 0 aliphatic carbocycles. The van der Waals surface area contributed by atoms with Crippen molar-refractivity contribution in [3.63, 3.8) is 0 Å². The number of aliphatic hydroxyl groups is 2. The van der Waals surface area contributed by atoms with Crippen LogP contribution in [0, 0.1) is 11.3 Å². The van der Waals surface area contributed by atoms with E-state index >= 15 is 0 Å². The van der Waals surface area contributed by atoms with Crippen LogP contribution in [0.1, 0.15) is 6.23 Å². The van der Waals surface area contributed by atoms with Gasteiger partial charge in [-0.25, -0.2) is 13.7 Å². The van der Waals surface area contributed by atoms with Crippen LogP contribution in [0.15, 0.2) is 17.1 Å². The topological polar surface area (TPSA) is 286 Å². The molecule has 0 amide bonds. The maximum atomic E-state index is 12.1. The largest absolute Gasteiger partial charge is 0.490 e. The van der Waals surface area contributed by atoms with Gasteiger partial charge in [0.15, 0.2) is 11.9 Å². The number of fused-ring (bicyclic) bond motifs is 1. The summed E-state index contributed by atoms with van der Waals surface area (Å²) in [6.07, 6.45) is -4.12. The number of nitrogen functional groups attached to an aromatic ring is 1. The third-order valence-corrected chi connectivity index (χ3v) is 8.30. The van der Waals surface area contributed by atoms with Crippen LogP contribution >= 0.6 is 35.1 Å². The summed E-state index contributed by atoms with van der Waals surface area (Å²) in [7, 11) is -17.0. The Hall–Kier alpha value is -1.64. The van der Waals surface area contributed by atoms with E-state index in [2.05, 4.69) is 29.0 Å². The van der Waals surface area contributed by atoms with E-state index in [9.17, 15) is 38.5 Å². The summed E-state index contributed by atoms with van der Waals surface area (Å²) < 4.78 is 52.2. The van der Waals surface area contributed by atoms with Crippen LogP contribution in [-0.2, 0) is 31.6 Å². The van der Waals surface area contributed by atoms with E-state index in [1.165, 1.54) is 12.3 Å². The van der Waals surface area contributed by atoms with Crippen LogP contribution in [0.5, 0.6) is 0 Å². The zero-order chi connectivity index (χ0) is 26.4. The second kappa shape index (κ2) is 9.67. The third-order valence-electron chi connectivity index (χ3n) is 4.40. The van der Waals surface area contributed by atoms with Crippen molar-refractivity contribution in [2.45, 2.75) is 24.0 Å². The average Bonchev–Trinajstić information content (AvgIpc) is 3.17. The number of nitrogens with one attached hydrogen (secondary N) is 1. The molecule has 1 fully saturated rings. The number of aliphatic hydroxyl groups excluding tert-OH is 1. The van der Waals surface area contributed by atoms with Gasteiger partial charge in [0.05, 0.1) is 12.0 Å². The number of phosphoric ester groups is 1. The van der Waals surface area contributed by atoms with Crippen LogP contribution in [0.2, 0.25) is 0 Å². The predicted molar refractivity (Wildman–Crippen MR) is 113 cm³/mol. The van der Waals surface area contributed by atoms with Crippen LogP contribution in [0.4, 0.5) is 5.95 Å². The van der Waals surface area contributed by atoms with E-state index < -0.39 is 59.7 Å². The number of rotatable bonds is 8. The second-order valence-corrected chi connectivity index (χ2v) is 11.4. The molecule has 1 aliphatic rings. The SMILES string of the molecule is Nc1nc2c(ccn2[C@@H]2O[C@H](COP(=O)(O)OP(=O)(O)OP(=O)(O)O)[C@H](O)C2(O)C#CCl)c(=O)[nH]1. The highest BCUT2D eigenvalue weighted by Gasteiger charge is 2.57. The normalized spacial score (nSPS) is 28.3. The number of halogens is 1. The molecule has 22 heteroatoms. The van der Waals surface area contributed by atoms with Crippen molar-refractivity contribution >= 4 is 52.1 Å². The summed E-state index contributed by atoms with van der Waals surface area (Å²) in [5, 5.41) is 23.5. The van der Waals surface area contributed by atoms with E-state index in [4.69, 9.17) is 31.9 Å². The lowest BCUT2D eigenvalue weighted by Crippen LogP contribution is -2.46. The highest BCUT2D eigenvalue weighted by Crippen LogP contribution is 2.66. The summed E-state index contributed by atoms with van der Waals surface area (Å²) in [4.78, 5) is 54.2. The fourth-order valence-corrected chi connectivity index (χ4v) is 6.29. The smallest absolute Gasteiger partial charge is 0.386 e. The van der Waals surface area contributed by atoms with Crippen molar-refractivity contribution in [3.05, 3.63) is 22.6 Å². The molecule has 194 valence electrons. The van der Waals surface area contributed by atoms with Crippen LogP contribution < -0.4 is 11.3 Å². The minimum absolute atomic E-state index is 0.00943. The Morgan fingerprint density at radius 2 is 1.91 bits per heavy atom. The lowest BCUT2D eigenvalue weighted by molar-refractivity contribution is -0.0715. The number of aromatic nitrogens is 3. The van der Waals surface area contributed by atoms with Gasteiger partial charge in [-0.2, -0.15) is 13.6 Å². The number of hydrogen-bond acceptors (Lipinski definition) is 12. The van der Waals surface area contributed by atoms with Gasteiger partial charge in [-0.05, 0) is 23.6 Å². The Labute approximate surface area is 198 Å². The number of H-pyrrole nitrogens is 1. The maximum absolute atomic E-state index is 12.1. The molecule has 3 unspecified atom stereocenters. The molecule has 3 rings (SSSR count). The van der Waals surface area contributed by atoms with Crippen molar-refractivity contribution in [2.24, 2.45) is 0 Å². The zero-order valence-corrected chi connectivity index (χ0v) is 20.2. The molecule has 1 saturated heterocycles. The van der Waals surface area contributed by atoms with Gasteiger partial charge < -0.3 is 44.8 Å². The number of aromatic amines is 1. The van der Waals surface area contributed by atoms with E-state index in [1.807, 2.05) is 5.38 Å². The van der Waals surface area contributed by atoms with Crippen molar-refractivity contribution in [2.75, 3.05) is 12.3 Å². The minimum atomic E-state index is -5.79. The molecule has 18 nitrogen and oxygen atoms in total. The summed E-state index contributed by atoms with van der Waals surface area (Å²) in [6.45, 7) is -1.11. The average molecular weight is 581 g/mol. The highest BCUT2D eigenvalue weighted by molar-refractivity contribution is 7.66. The molecule has 9 N–H and O–H groups in total. The number of nitrogens with two attached hydrogens (primary N) is 1. The maximum Gasteiger partial charge on any atom is 0.490 e. The summed E-state index contributed by atoms with van der Waals surface area (Å²) in [5.74, 6) is 1.82. The Balaban J connectivity index is 1.87. The van der Waals surface area contributed by atoms with E-state index in [-0.39, 0.29) is 17.0 Å². The summed E-state index contributed by atoms with van der Waals surface area (Å²) in [5.41, 5.74) is 2.28. The Morgan fingerprint density at radius 1 is 1.26 bits per heavy atom. The first kappa shape index (κ1) is 27.9. The van der Waals surface area contributed by atoms with Crippen molar-refractivity contribution < 1.29 is 61.4 Å². The second-order valence-electron chi connectivity index (χ2n) is 6.81. The number of phosphoric acid groups is 3. The molecule has 2 aromatic rings.